The SMILES string of the molecule is C[C@H]1[C@@H](NC(=O)[C@@H](C)Oc2ccccc2[N+](=O)[O-])CCC[C@@H]1C. The Balaban J connectivity index is 1.99. The number of nitrogens with one attached hydrogen (secondary N) is 1. The van der Waals surface area contributed by atoms with Gasteiger partial charge >= 0.3 is 5.69 Å². The third kappa shape index (κ3) is 4.21. The zero-order chi connectivity index (χ0) is 17.0. The first kappa shape index (κ1) is 17.2. The first-order valence-electron chi connectivity index (χ1n) is 8.10. The Morgan fingerprint density at radius 1 is 1.35 bits per heavy atom. The number of para-hydroxylation sites is 2. The Morgan fingerprint density at radius 2 is 2.04 bits per heavy atom. The summed E-state index contributed by atoms with van der Waals surface area (Å²) < 4.78 is 5.52. The van der Waals surface area contributed by atoms with E-state index >= 15 is 0 Å². The van der Waals surface area contributed by atoms with Gasteiger partial charge in [0, 0.05) is 12.1 Å². The Bertz CT molecular complexity index is 575. The number of carbonyl (C=O) groups is 1. The second kappa shape index (κ2) is 7.44. The van der Waals surface area contributed by atoms with Crippen LogP contribution < -0.4 is 10.1 Å². The van der Waals surface area contributed by atoms with Gasteiger partial charge in [0.25, 0.3) is 5.91 Å². The van der Waals surface area contributed by atoms with Gasteiger partial charge in [-0.25, -0.2) is 0 Å². The van der Waals surface area contributed by atoms with E-state index in [1.807, 2.05) is 0 Å². The molecule has 1 aliphatic carbocycles. The summed E-state index contributed by atoms with van der Waals surface area (Å²) >= 11 is 0. The van der Waals surface area contributed by atoms with Gasteiger partial charge in [0.2, 0.25) is 0 Å². The predicted octanol–water partition coefficient (Wildman–Crippen LogP) is 3.30. The number of carbonyl (C=O) groups excluding carboxylic acids is 1. The van der Waals surface area contributed by atoms with Crippen molar-refractivity contribution in [3.8, 4) is 5.75 Å². The highest BCUT2D eigenvalue weighted by molar-refractivity contribution is 5.81. The zero-order valence-corrected chi connectivity index (χ0v) is 13.8. The van der Waals surface area contributed by atoms with E-state index in [2.05, 4.69) is 19.2 Å². The molecule has 1 N–H and O–H groups in total. The molecule has 126 valence electrons. The minimum Gasteiger partial charge on any atom is -0.474 e. The summed E-state index contributed by atoms with van der Waals surface area (Å²) in [4.78, 5) is 22.8. The molecule has 0 bridgehead atoms. The number of hydrogen-bond acceptors (Lipinski definition) is 4. The van der Waals surface area contributed by atoms with Crippen LogP contribution in [0.5, 0.6) is 5.75 Å². The van der Waals surface area contributed by atoms with E-state index < -0.39 is 11.0 Å². The van der Waals surface area contributed by atoms with Crippen LogP contribution in [0.3, 0.4) is 0 Å². The number of ether oxygens (including phenoxy) is 1. The lowest BCUT2D eigenvalue weighted by molar-refractivity contribution is -0.386. The third-order valence-electron chi connectivity index (χ3n) is 4.77. The Labute approximate surface area is 136 Å². The first-order valence-corrected chi connectivity index (χ1v) is 8.10. The molecule has 23 heavy (non-hydrogen) atoms. The Morgan fingerprint density at radius 3 is 2.74 bits per heavy atom. The molecule has 0 unspecified atom stereocenters. The third-order valence-corrected chi connectivity index (χ3v) is 4.77. The van der Waals surface area contributed by atoms with E-state index in [1.54, 1.807) is 19.1 Å². The Hall–Kier alpha value is -2.11. The zero-order valence-electron chi connectivity index (χ0n) is 13.8. The molecule has 1 amide bonds. The van der Waals surface area contributed by atoms with Gasteiger partial charge in [-0.15, -0.1) is 0 Å². The van der Waals surface area contributed by atoms with E-state index in [9.17, 15) is 14.9 Å². The highest BCUT2D eigenvalue weighted by atomic mass is 16.6. The largest absolute Gasteiger partial charge is 0.474 e. The fourth-order valence-corrected chi connectivity index (χ4v) is 3.04. The molecule has 1 aliphatic rings. The molecule has 1 saturated carbocycles. The monoisotopic (exact) mass is 320 g/mol. The van der Waals surface area contributed by atoms with Crippen LogP contribution >= 0.6 is 0 Å². The summed E-state index contributed by atoms with van der Waals surface area (Å²) in [5.41, 5.74) is -0.133. The predicted molar refractivity (Wildman–Crippen MR) is 87.3 cm³/mol. The van der Waals surface area contributed by atoms with Gasteiger partial charge in [-0.2, -0.15) is 0 Å². The van der Waals surface area contributed by atoms with Crippen molar-refractivity contribution in [3.05, 3.63) is 34.4 Å². The molecule has 0 radical (unpaired) electrons. The van der Waals surface area contributed by atoms with Crippen molar-refractivity contribution >= 4 is 11.6 Å². The second-order valence-electron chi connectivity index (χ2n) is 6.37. The molecule has 1 aromatic carbocycles. The lowest BCUT2D eigenvalue weighted by atomic mass is 9.78. The molecule has 1 fully saturated rings. The van der Waals surface area contributed by atoms with E-state index in [0.29, 0.717) is 11.8 Å². The van der Waals surface area contributed by atoms with Crippen molar-refractivity contribution in [2.75, 3.05) is 0 Å². The molecule has 0 heterocycles. The normalized spacial score (nSPS) is 25.4. The van der Waals surface area contributed by atoms with Gasteiger partial charge in [-0.05, 0) is 31.2 Å². The van der Waals surface area contributed by atoms with Crippen molar-refractivity contribution in [2.24, 2.45) is 11.8 Å². The molecule has 0 saturated heterocycles. The molecule has 0 aliphatic heterocycles. The van der Waals surface area contributed by atoms with E-state index in [0.717, 1.165) is 12.8 Å². The van der Waals surface area contributed by atoms with Crippen LogP contribution in [-0.2, 0) is 4.79 Å². The average Bonchev–Trinajstić information content (AvgIpc) is 2.52. The molecule has 6 heteroatoms. The van der Waals surface area contributed by atoms with Crippen LogP contribution in [0, 0.1) is 22.0 Å². The smallest absolute Gasteiger partial charge is 0.310 e. The van der Waals surface area contributed by atoms with Crippen LogP contribution in [0.4, 0.5) is 5.69 Å². The van der Waals surface area contributed by atoms with Gasteiger partial charge in [-0.3, -0.25) is 14.9 Å². The average molecular weight is 320 g/mol. The fraction of sp³-hybridized carbons (Fsp3) is 0.588. The lowest BCUT2D eigenvalue weighted by Crippen LogP contribution is -2.48. The number of hydrogen-bond donors (Lipinski definition) is 1. The highest BCUT2D eigenvalue weighted by Crippen LogP contribution is 2.30. The molecule has 6 nitrogen and oxygen atoms in total. The van der Waals surface area contributed by atoms with Crippen LogP contribution in [0.1, 0.15) is 40.0 Å². The maximum Gasteiger partial charge on any atom is 0.310 e. The van der Waals surface area contributed by atoms with Crippen molar-refractivity contribution < 1.29 is 14.5 Å². The number of benzene rings is 1. The fourth-order valence-electron chi connectivity index (χ4n) is 3.04. The molecule has 0 spiro atoms. The summed E-state index contributed by atoms with van der Waals surface area (Å²) in [6.07, 6.45) is 2.49. The minimum atomic E-state index is -0.777. The number of nitro groups is 1. The van der Waals surface area contributed by atoms with Crippen molar-refractivity contribution in [1.82, 2.24) is 5.32 Å². The van der Waals surface area contributed by atoms with Gasteiger partial charge in [0.05, 0.1) is 4.92 Å². The van der Waals surface area contributed by atoms with Gasteiger partial charge in [-0.1, -0.05) is 38.8 Å². The van der Waals surface area contributed by atoms with Crippen molar-refractivity contribution in [2.45, 2.75) is 52.2 Å². The van der Waals surface area contributed by atoms with Crippen LogP contribution in [0.15, 0.2) is 24.3 Å². The first-order chi connectivity index (χ1) is 10.9. The second-order valence-corrected chi connectivity index (χ2v) is 6.37. The van der Waals surface area contributed by atoms with Crippen molar-refractivity contribution in [3.63, 3.8) is 0 Å². The van der Waals surface area contributed by atoms with Crippen LogP contribution in [0.25, 0.3) is 0 Å². The molecule has 1 aromatic rings. The molecule has 0 aromatic heterocycles. The van der Waals surface area contributed by atoms with Crippen LogP contribution in [-0.4, -0.2) is 23.0 Å². The minimum absolute atomic E-state index is 0.116. The van der Waals surface area contributed by atoms with E-state index in [4.69, 9.17) is 4.74 Å². The van der Waals surface area contributed by atoms with Gasteiger partial charge in [0.1, 0.15) is 0 Å². The topological polar surface area (TPSA) is 81.5 Å². The summed E-state index contributed by atoms with van der Waals surface area (Å²) in [7, 11) is 0. The number of rotatable bonds is 5. The highest BCUT2D eigenvalue weighted by Gasteiger charge is 2.30. The molecule has 2 rings (SSSR count). The van der Waals surface area contributed by atoms with Gasteiger partial charge < -0.3 is 10.1 Å². The summed E-state index contributed by atoms with van der Waals surface area (Å²) in [6.45, 7) is 5.97. The maximum atomic E-state index is 12.3. The standard InChI is InChI=1S/C17H24N2O4/c1-11-7-6-8-14(12(11)2)18-17(20)13(3)23-16-10-5-4-9-15(16)19(21)22/h4-5,9-14H,6-8H2,1-3H3,(H,18,20)/t11-,12+,13+,14-/m0/s1. The molecular formula is C17H24N2O4. The molecule has 4 atom stereocenters. The van der Waals surface area contributed by atoms with Crippen LogP contribution in [0.2, 0.25) is 0 Å². The summed E-state index contributed by atoms with van der Waals surface area (Å²) in [5, 5.41) is 14.0. The van der Waals surface area contributed by atoms with Gasteiger partial charge in [0.15, 0.2) is 11.9 Å². The van der Waals surface area contributed by atoms with E-state index in [1.165, 1.54) is 18.6 Å². The lowest BCUT2D eigenvalue weighted by Gasteiger charge is -2.35. The number of nitro benzene ring substituents is 1. The quantitative estimate of drug-likeness (QED) is 0.666. The Kier molecular flexibility index (Phi) is 5.58. The number of nitrogens with zero attached hydrogens (tertiary/aromatic N) is 1. The van der Waals surface area contributed by atoms with E-state index in [-0.39, 0.29) is 23.4 Å². The maximum absolute atomic E-state index is 12.3. The summed E-state index contributed by atoms with van der Waals surface area (Å²) in [6, 6.07) is 6.24. The molecular weight excluding hydrogens is 296 g/mol. The van der Waals surface area contributed by atoms with Crippen molar-refractivity contribution in [1.29, 1.82) is 0 Å². The summed E-state index contributed by atoms with van der Waals surface area (Å²) in [5.74, 6) is 0.894. The number of amides is 1.